The monoisotopic (exact) mass is 310 g/mol. The topological polar surface area (TPSA) is 64.7 Å². The van der Waals surface area contributed by atoms with Gasteiger partial charge in [0, 0.05) is 13.1 Å². The van der Waals surface area contributed by atoms with Gasteiger partial charge in [0.25, 0.3) is 0 Å². The van der Waals surface area contributed by atoms with Gasteiger partial charge in [-0.05, 0) is 55.4 Å². The zero-order valence-electron chi connectivity index (χ0n) is 15.1. The number of nitrogens with zero attached hydrogens (tertiary/aromatic N) is 2. The highest BCUT2D eigenvalue weighted by atomic mass is 16.2. The van der Waals surface area contributed by atoms with Gasteiger partial charge in [0.15, 0.2) is 0 Å². The van der Waals surface area contributed by atoms with Crippen LogP contribution in [-0.4, -0.2) is 57.1 Å². The van der Waals surface area contributed by atoms with E-state index in [0.717, 1.165) is 0 Å². The minimum absolute atomic E-state index is 0.0779. The van der Waals surface area contributed by atoms with Crippen LogP contribution in [0.15, 0.2) is 0 Å². The lowest BCUT2D eigenvalue weighted by Crippen LogP contribution is -2.53. The van der Waals surface area contributed by atoms with Gasteiger partial charge in [-0.1, -0.05) is 0 Å². The fourth-order valence-electron chi connectivity index (χ4n) is 3.92. The van der Waals surface area contributed by atoms with Gasteiger partial charge in [0.1, 0.15) is 0 Å². The zero-order valence-corrected chi connectivity index (χ0v) is 15.1. The maximum absolute atomic E-state index is 12.6. The van der Waals surface area contributed by atoms with Crippen molar-refractivity contribution in [3.63, 3.8) is 0 Å². The fraction of sp³-hybridized carbons (Fsp3) is 0.875. The summed E-state index contributed by atoms with van der Waals surface area (Å²) in [6.07, 6.45) is 0. The molecule has 0 radical (unpaired) electrons. The zero-order chi connectivity index (χ0) is 17.1. The summed E-state index contributed by atoms with van der Waals surface area (Å²) in [5, 5.41) is 6.70. The normalized spacial score (nSPS) is 28.5. The van der Waals surface area contributed by atoms with Gasteiger partial charge in [-0.25, -0.2) is 0 Å². The molecule has 2 fully saturated rings. The largest absolute Gasteiger partial charge is 0.322 e. The van der Waals surface area contributed by atoms with Crippen molar-refractivity contribution in [2.24, 2.45) is 0 Å². The van der Waals surface area contributed by atoms with Gasteiger partial charge >= 0.3 is 0 Å². The molecule has 126 valence electrons. The highest BCUT2D eigenvalue weighted by molar-refractivity contribution is 5.89. The van der Waals surface area contributed by atoms with Gasteiger partial charge < -0.3 is 9.80 Å². The molecule has 6 nitrogen and oxygen atoms in total. The standard InChI is InChI=1S/C16H30N4O2/c1-13(2)11(21)19(15(5,6)17-13)9-10-20-12(22)14(3,4)18-16(20,7)8/h17-18H,9-10H2,1-8H3. The van der Waals surface area contributed by atoms with E-state index in [4.69, 9.17) is 0 Å². The van der Waals surface area contributed by atoms with Crippen molar-refractivity contribution in [1.82, 2.24) is 20.4 Å². The predicted octanol–water partition coefficient (Wildman–Crippen LogP) is 0.879. The molecular weight excluding hydrogens is 280 g/mol. The van der Waals surface area contributed by atoms with Crippen LogP contribution in [0.4, 0.5) is 0 Å². The van der Waals surface area contributed by atoms with E-state index in [0.29, 0.717) is 13.1 Å². The first kappa shape index (κ1) is 17.2. The van der Waals surface area contributed by atoms with Gasteiger partial charge in [-0.3, -0.25) is 20.2 Å². The molecule has 2 rings (SSSR count). The van der Waals surface area contributed by atoms with E-state index in [9.17, 15) is 9.59 Å². The molecular formula is C16H30N4O2. The molecule has 0 aromatic heterocycles. The first-order valence-corrected chi connectivity index (χ1v) is 7.94. The number of amides is 2. The molecule has 6 heteroatoms. The first-order valence-electron chi connectivity index (χ1n) is 7.94. The third-order valence-corrected chi connectivity index (χ3v) is 4.69. The van der Waals surface area contributed by atoms with Crippen molar-refractivity contribution in [2.45, 2.75) is 77.8 Å². The Morgan fingerprint density at radius 2 is 0.955 bits per heavy atom. The minimum atomic E-state index is -0.564. The number of hydrogen-bond donors (Lipinski definition) is 2. The van der Waals surface area contributed by atoms with E-state index in [2.05, 4.69) is 10.6 Å². The molecule has 2 amide bonds. The molecule has 0 aliphatic carbocycles. The Morgan fingerprint density at radius 1 is 0.682 bits per heavy atom. The number of carbonyl (C=O) groups excluding carboxylic acids is 2. The predicted molar refractivity (Wildman–Crippen MR) is 86.0 cm³/mol. The fourth-order valence-corrected chi connectivity index (χ4v) is 3.92. The van der Waals surface area contributed by atoms with Gasteiger partial charge in [-0.15, -0.1) is 0 Å². The van der Waals surface area contributed by atoms with E-state index in [-0.39, 0.29) is 11.8 Å². The molecule has 0 aromatic carbocycles. The summed E-state index contributed by atoms with van der Waals surface area (Å²) in [4.78, 5) is 28.8. The third kappa shape index (κ3) is 2.63. The van der Waals surface area contributed by atoms with E-state index in [1.54, 1.807) is 0 Å². The second-order valence-electron chi connectivity index (χ2n) is 8.53. The van der Waals surface area contributed by atoms with Crippen LogP contribution < -0.4 is 10.6 Å². The Hall–Kier alpha value is -1.14. The highest BCUT2D eigenvalue weighted by Gasteiger charge is 2.52. The van der Waals surface area contributed by atoms with Crippen LogP contribution >= 0.6 is 0 Å². The molecule has 0 unspecified atom stereocenters. The second kappa shape index (κ2) is 4.68. The summed E-state index contributed by atoms with van der Waals surface area (Å²) in [7, 11) is 0. The Labute approximate surface area is 133 Å². The van der Waals surface area contributed by atoms with Crippen LogP contribution in [0.3, 0.4) is 0 Å². The number of rotatable bonds is 3. The molecule has 2 saturated heterocycles. The summed E-state index contributed by atoms with van der Waals surface area (Å²) in [6, 6.07) is 0. The van der Waals surface area contributed by atoms with E-state index < -0.39 is 22.4 Å². The van der Waals surface area contributed by atoms with Gasteiger partial charge in [0.2, 0.25) is 11.8 Å². The van der Waals surface area contributed by atoms with Crippen molar-refractivity contribution in [1.29, 1.82) is 0 Å². The maximum atomic E-state index is 12.6. The van der Waals surface area contributed by atoms with Gasteiger partial charge in [-0.2, -0.15) is 0 Å². The highest BCUT2D eigenvalue weighted by Crippen LogP contribution is 2.30. The van der Waals surface area contributed by atoms with Crippen LogP contribution in [0.2, 0.25) is 0 Å². The lowest BCUT2D eigenvalue weighted by atomic mass is 10.1. The summed E-state index contributed by atoms with van der Waals surface area (Å²) in [6.45, 7) is 16.6. The molecule has 0 saturated carbocycles. The molecule has 0 aromatic rings. The maximum Gasteiger partial charge on any atom is 0.243 e. The molecule has 2 N–H and O–H groups in total. The Balaban J connectivity index is 2.13. The van der Waals surface area contributed by atoms with Crippen LogP contribution in [0.25, 0.3) is 0 Å². The van der Waals surface area contributed by atoms with Crippen LogP contribution in [0.1, 0.15) is 55.4 Å². The molecule has 0 atom stereocenters. The van der Waals surface area contributed by atoms with Crippen molar-refractivity contribution in [2.75, 3.05) is 13.1 Å². The summed E-state index contributed by atoms with van der Waals surface area (Å²) in [5.74, 6) is 0.156. The molecule has 22 heavy (non-hydrogen) atoms. The number of carbonyl (C=O) groups is 2. The van der Waals surface area contributed by atoms with Crippen LogP contribution in [-0.2, 0) is 9.59 Å². The molecule has 2 aliphatic heterocycles. The molecule has 2 heterocycles. The summed E-state index contributed by atoms with van der Waals surface area (Å²) in [5.41, 5.74) is -1.94. The number of hydrogen-bond acceptors (Lipinski definition) is 4. The summed E-state index contributed by atoms with van der Waals surface area (Å²) >= 11 is 0. The van der Waals surface area contributed by atoms with Crippen molar-refractivity contribution < 1.29 is 9.59 Å². The van der Waals surface area contributed by atoms with Crippen molar-refractivity contribution in [3.8, 4) is 0 Å². The first-order chi connectivity index (χ1) is 9.71. The minimum Gasteiger partial charge on any atom is -0.322 e. The van der Waals surface area contributed by atoms with Crippen molar-refractivity contribution in [3.05, 3.63) is 0 Å². The van der Waals surface area contributed by atoms with Crippen LogP contribution in [0, 0.1) is 0 Å². The van der Waals surface area contributed by atoms with E-state index in [1.807, 2.05) is 65.2 Å². The Morgan fingerprint density at radius 3 is 1.14 bits per heavy atom. The average Bonchev–Trinajstić information content (AvgIpc) is 2.53. The number of nitrogens with one attached hydrogen (secondary N) is 2. The molecule has 0 bridgehead atoms. The van der Waals surface area contributed by atoms with E-state index >= 15 is 0 Å². The molecule has 2 aliphatic rings. The SMILES string of the molecule is CC1(C)NC(C)(C)N(CCN2C(=O)C(C)(C)NC2(C)C)C1=O. The van der Waals surface area contributed by atoms with Crippen LogP contribution in [0.5, 0.6) is 0 Å². The van der Waals surface area contributed by atoms with Crippen molar-refractivity contribution >= 4 is 11.8 Å². The third-order valence-electron chi connectivity index (χ3n) is 4.69. The Bertz CT molecular complexity index is 462. The lowest BCUT2D eigenvalue weighted by Gasteiger charge is -2.36. The summed E-state index contributed by atoms with van der Waals surface area (Å²) < 4.78 is 0. The smallest absolute Gasteiger partial charge is 0.243 e. The van der Waals surface area contributed by atoms with Gasteiger partial charge in [0.05, 0.1) is 22.4 Å². The molecule has 0 spiro atoms. The average molecular weight is 310 g/mol. The Kier molecular flexibility index (Phi) is 3.66. The lowest BCUT2D eigenvalue weighted by molar-refractivity contribution is -0.138. The van der Waals surface area contributed by atoms with E-state index in [1.165, 1.54) is 0 Å². The quantitative estimate of drug-likeness (QED) is 0.812. The second-order valence-corrected chi connectivity index (χ2v) is 8.53.